The maximum absolute atomic E-state index is 12.4. The molecule has 1 amide bonds. The van der Waals surface area contributed by atoms with Gasteiger partial charge >= 0.3 is 0 Å². The molecule has 7 nitrogen and oxygen atoms in total. The quantitative estimate of drug-likeness (QED) is 0.633. The minimum atomic E-state index is -3.57. The SMILES string of the molecule is C=CS(=O)(=O)N(C)Cc1ccc(Cc2c(SC)cc(C)[nH]c2=O)c(C(N)=O)c1. The van der Waals surface area contributed by atoms with Crippen LogP contribution in [-0.4, -0.2) is 36.9 Å². The summed E-state index contributed by atoms with van der Waals surface area (Å²) in [4.78, 5) is 28.0. The molecule has 0 atom stereocenters. The summed E-state index contributed by atoms with van der Waals surface area (Å²) in [6, 6.07) is 6.87. The third-order valence-corrected chi connectivity index (χ3v) is 6.53. The van der Waals surface area contributed by atoms with Gasteiger partial charge in [-0.15, -0.1) is 11.8 Å². The lowest BCUT2D eigenvalue weighted by Crippen LogP contribution is -2.24. The van der Waals surface area contributed by atoms with Crippen LogP contribution in [-0.2, 0) is 23.0 Å². The number of primary amides is 1. The molecule has 0 aliphatic carbocycles. The van der Waals surface area contributed by atoms with Crippen LogP contribution in [0.1, 0.15) is 32.7 Å². The van der Waals surface area contributed by atoms with E-state index in [9.17, 15) is 18.0 Å². The molecule has 0 aliphatic rings. The number of amides is 1. The van der Waals surface area contributed by atoms with Crippen LogP contribution < -0.4 is 11.3 Å². The molecule has 0 saturated heterocycles. The summed E-state index contributed by atoms with van der Waals surface area (Å²) in [6.07, 6.45) is 2.12. The van der Waals surface area contributed by atoms with Crippen molar-refractivity contribution in [3.63, 3.8) is 0 Å². The number of sulfonamides is 1. The van der Waals surface area contributed by atoms with Gasteiger partial charge in [-0.25, -0.2) is 8.42 Å². The highest BCUT2D eigenvalue weighted by atomic mass is 32.2. The molecular weight excluding hydrogens is 398 g/mol. The van der Waals surface area contributed by atoms with Crippen molar-refractivity contribution in [3.8, 4) is 0 Å². The number of pyridine rings is 1. The molecule has 0 spiro atoms. The molecule has 2 aromatic rings. The van der Waals surface area contributed by atoms with E-state index < -0.39 is 15.9 Å². The standard InChI is InChI=1S/C19H23N3O4S2/c1-5-28(25,26)22(3)11-13-6-7-14(15(9-13)18(20)23)10-16-17(27-4)8-12(2)21-19(16)24/h5-9H,1,10-11H2,2-4H3,(H2,20,23)(H,21,24). The van der Waals surface area contributed by atoms with E-state index in [2.05, 4.69) is 11.6 Å². The Balaban J connectivity index is 2.44. The second kappa shape index (κ2) is 8.76. The van der Waals surface area contributed by atoms with E-state index in [1.807, 2.05) is 19.2 Å². The molecule has 0 bridgehead atoms. The summed E-state index contributed by atoms with van der Waals surface area (Å²) in [5, 5.41) is 0.865. The lowest BCUT2D eigenvalue weighted by atomic mass is 9.97. The Bertz CT molecular complexity index is 1080. The van der Waals surface area contributed by atoms with E-state index >= 15 is 0 Å². The second-order valence-corrected chi connectivity index (χ2v) is 9.16. The molecule has 1 heterocycles. The summed E-state index contributed by atoms with van der Waals surface area (Å²) >= 11 is 1.46. The predicted octanol–water partition coefficient (Wildman–Crippen LogP) is 2.00. The Morgan fingerprint density at radius 1 is 1.36 bits per heavy atom. The lowest BCUT2D eigenvalue weighted by molar-refractivity contribution is 0.0999. The average Bonchev–Trinajstić information content (AvgIpc) is 2.64. The Labute approximate surface area is 168 Å². The van der Waals surface area contributed by atoms with E-state index in [4.69, 9.17) is 5.73 Å². The average molecular weight is 422 g/mol. The van der Waals surface area contributed by atoms with Crippen molar-refractivity contribution < 1.29 is 13.2 Å². The van der Waals surface area contributed by atoms with Crippen LogP contribution in [0, 0.1) is 6.92 Å². The maximum Gasteiger partial charge on any atom is 0.252 e. The number of H-pyrrole nitrogens is 1. The zero-order valence-corrected chi connectivity index (χ0v) is 17.6. The molecule has 150 valence electrons. The van der Waals surface area contributed by atoms with Gasteiger partial charge in [-0.1, -0.05) is 18.7 Å². The van der Waals surface area contributed by atoms with E-state index in [0.29, 0.717) is 16.7 Å². The number of nitrogens with one attached hydrogen (secondary N) is 1. The molecule has 28 heavy (non-hydrogen) atoms. The highest BCUT2D eigenvalue weighted by Crippen LogP contribution is 2.23. The summed E-state index contributed by atoms with van der Waals surface area (Å²) in [5.74, 6) is -0.639. The predicted molar refractivity (Wildman–Crippen MR) is 112 cm³/mol. The van der Waals surface area contributed by atoms with Gasteiger partial charge < -0.3 is 10.7 Å². The molecule has 0 fully saturated rings. The smallest absolute Gasteiger partial charge is 0.252 e. The number of nitrogens with two attached hydrogens (primary N) is 1. The van der Waals surface area contributed by atoms with Crippen LogP contribution in [0.2, 0.25) is 0 Å². The molecule has 0 saturated carbocycles. The summed E-state index contributed by atoms with van der Waals surface area (Å²) in [7, 11) is -2.15. The maximum atomic E-state index is 12.4. The van der Waals surface area contributed by atoms with Crippen molar-refractivity contribution in [2.75, 3.05) is 13.3 Å². The summed E-state index contributed by atoms with van der Waals surface area (Å²) in [6.45, 7) is 5.17. The number of aromatic amines is 1. The number of hydrogen-bond acceptors (Lipinski definition) is 5. The molecule has 1 aromatic heterocycles. The number of carbonyl (C=O) groups excluding carboxylic acids is 1. The van der Waals surface area contributed by atoms with E-state index in [1.54, 1.807) is 18.2 Å². The number of rotatable bonds is 8. The Morgan fingerprint density at radius 2 is 2.04 bits per heavy atom. The molecule has 1 aromatic carbocycles. The summed E-state index contributed by atoms with van der Waals surface area (Å²) < 4.78 is 24.8. The Morgan fingerprint density at radius 3 is 2.61 bits per heavy atom. The van der Waals surface area contributed by atoms with Crippen molar-refractivity contribution in [2.45, 2.75) is 24.8 Å². The normalized spacial score (nSPS) is 11.6. The van der Waals surface area contributed by atoms with Gasteiger partial charge in [0.15, 0.2) is 0 Å². The van der Waals surface area contributed by atoms with Crippen LogP contribution in [0.15, 0.2) is 45.9 Å². The molecule has 3 N–H and O–H groups in total. The van der Waals surface area contributed by atoms with Crippen LogP contribution in [0.4, 0.5) is 0 Å². The molecule has 0 unspecified atom stereocenters. The number of nitrogens with zero attached hydrogens (tertiary/aromatic N) is 1. The van der Waals surface area contributed by atoms with Gasteiger partial charge in [0.1, 0.15) is 0 Å². The minimum absolute atomic E-state index is 0.0656. The van der Waals surface area contributed by atoms with Gasteiger partial charge in [-0.2, -0.15) is 4.31 Å². The number of carbonyl (C=O) groups is 1. The number of aromatic nitrogens is 1. The zero-order chi connectivity index (χ0) is 21.1. The van der Waals surface area contributed by atoms with Crippen LogP contribution in [0.3, 0.4) is 0 Å². The van der Waals surface area contributed by atoms with Gasteiger partial charge in [-0.05, 0) is 36.4 Å². The van der Waals surface area contributed by atoms with Crippen molar-refractivity contribution in [1.29, 1.82) is 0 Å². The molecule has 9 heteroatoms. The van der Waals surface area contributed by atoms with E-state index in [-0.39, 0.29) is 24.1 Å². The first-order valence-electron chi connectivity index (χ1n) is 8.36. The van der Waals surface area contributed by atoms with Gasteiger partial charge in [0.25, 0.3) is 5.56 Å². The molecule has 0 aliphatic heterocycles. The first-order valence-corrected chi connectivity index (χ1v) is 11.1. The largest absolute Gasteiger partial charge is 0.366 e. The van der Waals surface area contributed by atoms with Crippen molar-refractivity contribution >= 4 is 27.7 Å². The van der Waals surface area contributed by atoms with Crippen molar-refractivity contribution in [1.82, 2.24) is 9.29 Å². The lowest BCUT2D eigenvalue weighted by Gasteiger charge is -2.16. The molecule has 0 radical (unpaired) electrons. The second-order valence-electron chi connectivity index (χ2n) is 6.33. The number of hydrogen-bond donors (Lipinski definition) is 2. The fourth-order valence-electron chi connectivity index (χ4n) is 2.81. The molecular formula is C19H23N3O4S2. The van der Waals surface area contributed by atoms with Crippen molar-refractivity contribution in [2.24, 2.45) is 5.73 Å². The van der Waals surface area contributed by atoms with Gasteiger partial charge in [0, 0.05) is 47.1 Å². The fourth-order valence-corrected chi connectivity index (χ4v) is 4.10. The highest BCUT2D eigenvalue weighted by molar-refractivity contribution is 7.98. The van der Waals surface area contributed by atoms with E-state index in [0.717, 1.165) is 20.3 Å². The van der Waals surface area contributed by atoms with Crippen LogP contribution >= 0.6 is 11.8 Å². The summed E-state index contributed by atoms with van der Waals surface area (Å²) in [5.41, 5.74) is 8.11. The minimum Gasteiger partial charge on any atom is -0.366 e. The number of benzene rings is 1. The van der Waals surface area contributed by atoms with Crippen LogP contribution in [0.25, 0.3) is 0 Å². The number of thioether (sulfide) groups is 1. The fraction of sp³-hybridized carbons (Fsp3) is 0.263. The van der Waals surface area contributed by atoms with Gasteiger partial charge in [0.2, 0.25) is 15.9 Å². The van der Waals surface area contributed by atoms with Crippen LogP contribution in [0.5, 0.6) is 0 Å². The first kappa shape index (κ1) is 21.9. The zero-order valence-electron chi connectivity index (χ0n) is 16.0. The molecule has 2 rings (SSSR count). The topological polar surface area (TPSA) is 113 Å². The third-order valence-electron chi connectivity index (χ3n) is 4.31. The van der Waals surface area contributed by atoms with Gasteiger partial charge in [0.05, 0.1) is 0 Å². The van der Waals surface area contributed by atoms with Crippen molar-refractivity contribution in [3.05, 3.63) is 74.6 Å². The third kappa shape index (κ3) is 4.92. The van der Waals surface area contributed by atoms with E-state index in [1.165, 1.54) is 18.8 Å². The highest BCUT2D eigenvalue weighted by Gasteiger charge is 2.17. The monoisotopic (exact) mass is 421 g/mol. The Hall–Kier alpha value is -2.36. The number of aryl methyl sites for hydroxylation is 1. The first-order chi connectivity index (χ1) is 13.1. The van der Waals surface area contributed by atoms with Gasteiger partial charge in [-0.3, -0.25) is 9.59 Å². The Kier molecular flexibility index (Phi) is 6.87.